The number of aromatic nitrogens is 1. The molecule has 1 aromatic carbocycles. The highest BCUT2D eigenvalue weighted by Crippen LogP contribution is 2.27. The van der Waals surface area contributed by atoms with Gasteiger partial charge in [0.1, 0.15) is 22.9 Å². The molecule has 1 amide bonds. The number of anilines is 1. The van der Waals surface area contributed by atoms with Crippen LogP contribution in [0.5, 0.6) is 11.5 Å². The first-order chi connectivity index (χ1) is 11.0. The van der Waals surface area contributed by atoms with E-state index in [1.54, 1.807) is 30.5 Å². The number of nitrogens with zero attached hydrogens (tertiary/aromatic N) is 1. The van der Waals surface area contributed by atoms with Crippen LogP contribution in [0.1, 0.15) is 10.4 Å². The van der Waals surface area contributed by atoms with Crippen molar-refractivity contribution >= 4 is 45.0 Å². The first-order valence-electron chi connectivity index (χ1n) is 6.50. The molecule has 0 aliphatic carbocycles. The summed E-state index contributed by atoms with van der Waals surface area (Å²) < 4.78 is 11.2. The quantitative estimate of drug-likeness (QED) is 0.775. The molecule has 2 aromatic rings. The topological polar surface area (TPSA) is 72.5 Å². The Balaban J connectivity index is 2.12. The van der Waals surface area contributed by atoms with E-state index in [1.165, 1.54) is 14.2 Å². The number of hydrogen-bond donors (Lipinski definition) is 2. The van der Waals surface area contributed by atoms with Gasteiger partial charge < -0.3 is 14.8 Å². The fraction of sp³-hybridized carbons (Fsp3) is 0.133. The molecule has 0 radical (unpaired) electrons. The fourth-order valence-corrected chi connectivity index (χ4v) is 2.27. The van der Waals surface area contributed by atoms with Crippen LogP contribution in [0.15, 0.2) is 41.0 Å². The van der Waals surface area contributed by atoms with Gasteiger partial charge in [0.05, 0.1) is 14.2 Å². The summed E-state index contributed by atoms with van der Waals surface area (Å²) in [5, 5.41) is 5.53. The van der Waals surface area contributed by atoms with Crippen LogP contribution in [0.25, 0.3) is 0 Å². The van der Waals surface area contributed by atoms with E-state index in [-0.39, 0.29) is 10.7 Å². The van der Waals surface area contributed by atoms with Gasteiger partial charge in [0, 0.05) is 10.7 Å². The Labute approximate surface area is 147 Å². The van der Waals surface area contributed by atoms with Crippen molar-refractivity contribution < 1.29 is 14.3 Å². The number of carbonyl (C=O) groups is 1. The molecular formula is C15H14BrN3O3S. The minimum absolute atomic E-state index is 0.123. The van der Waals surface area contributed by atoms with Crippen molar-refractivity contribution in [3.05, 3.63) is 46.6 Å². The molecule has 0 atom stereocenters. The highest BCUT2D eigenvalue weighted by Gasteiger charge is 2.19. The van der Waals surface area contributed by atoms with Crippen molar-refractivity contribution in [3.8, 4) is 11.5 Å². The molecule has 0 fully saturated rings. The van der Waals surface area contributed by atoms with E-state index in [9.17, 15) is 4.79 Å². The third kappa shape index (κ3) is 4.40. The minimum Gasteiger partial charge on any atom is -0.496 e. The third-order valence-electron chi connectivity index (χ3n) is 2.85. The molecule has 0 saturated carbocycles. The van der Waals surface area contributed by atoms with Crippen LogP contribution >= 0.6 is 28.1 Å². The second kappa shape index (κ2) is 7.89. The Morgan fingerprint density at radius 3 is 2.35 bits per heavy atom. The number of nitrogens with one attached hydrogen (secondary N) is 2. The van der Waals surface area contributed by atoms with Crippen LogP contribution < -0.4 is 20.1 Å². The lowest BCUT2D eigenvalue weighted by Gasteiger charge is -2.14. The van der Waals surface area contributed by atoms with Crippen LogP contribution in [0, 0.1) is 0 Å². The average Bonchev–Trinajstić information content (AvgIpc) is 2.55. The number of thiocarbonyl (C=S) groups is 1. The Kier molecular flexibility index (Phi) is 5.89. The van der Waals surface area contributed by atoms with Gasteiger partial charge in [-0.15, -0.1) is 0 Å². The predicted molar refractivity (Wildman–Crippen MR) is 95.2 cm³/mol. The van der Waals surface area contributed by atoms with Crippen molar-refractivity contribution in [3.63, 3.8) is 0 Å². The normalized spacial score (nSPS) is 9.87. The van der Waals surface area contributed by atoms with E-state index in [2.05, 4.69) is 31.5 Å². The number of halogens is 1. The molecule has 1 aromatic heterocycles. The first-order valence-corrected chi connectivity index (χ1v) is 7.70. The zero-order valence-electron chi connectivity index (χ0n) is 12.4. The molecule has 2 N–H and O–H groups in total. The van der Waals surface area contributed by atoms with E-state index in [1.807, 2.05) is 6.07 Å². The number of rotatable bonds is 4. The number of pyridine rings is 1. The molecule has 0 saturated heterocycles. The summed E-state index contributed by atoms with van der Waals surface area (Å²) in [5.41, 5.74) is 0.269. The van der Waals surface area contributed by atoms with E-state index in [0.717, 1.165) is 4.47 Å². The Hall–Kier alpha value is -2.19. The predicted octanol–water partition coefficient (Wildman–Crippen LogP) is 2.99. The van der Waals surface area contributed by atoms with Gasteiger partial charge in [0.2, 0.25) is 0 Å². The fourth-order valence-electron chi connectivity index (χ4n) is 1.84. The lowest BCUT2D eigenvalue weighted by Crippen LogP contribution is -2.34. The molecule has 120 valence electrons. The molecule has 2 rings (SSSR count). The third-order valence-corrected chi connectivity index (χ3v) is 3.52. The van der Waals surface area contributed by atoms with Crippen LogP contribution in [-0.4, -0.2) is 30.2 Å². The molecule has 0 spiro atoms. The number of amides is 1. The summed E-state index contributed by atoms with van der Waals surface area (Å²) in [6, 6.07) is 8.61. The molecule has 6 nitrogen and oxygen atoms in total. The zero-order chi connectivity index (χ0) is 16.8. The molecule has 0 bridgehead atoms. The summed E-state index contributed by atoms with van der Waals surface area (Å²) in [5.74, 6) is 0.872. The lowest BCUT2D eigenvalue weighted by molar-refractivity contribution is 0.0971. The monoisotopic (exact) mass is 395 g/mol. The second-order valence-electron chi connectivity index (χ2n) is 4.31. The number of hydrogen-bond acceptors (Lipinski definition) is 5. The van der Waals surface area contributed by atoms with Gasteiger partial charge in [-0.1, -0.05) is 6.07 Å². The van der Waals surface area contributed by atoms with E-state index in [4.69, 9.17) is 21.7 Å². The maximum absolute atomic E-state index is 12.4. The van der Waals surface area contributed by atoms with Crippen molar-refractivity contribution in [2.75, 3.05) is 19.5 Å². The first kappa shape index (κ1) is 17.2. The van der Waals surface area contributed by atoms with Crippen LogP contribution in [0.2, 0.25) is 0 Å². The average molecular weight is 396 g/mol. The number of ether oxygens (including phenoxy) is 2. The molecule has 8 heteroatoms. The summed E-state index contributed by atoms with van der Waals surface area (Å²) in [4.78, 5) is 16.6. The largest absolute Gasteiger partial charge is 0.496 e. The zero-order valence-corrected chi connectivity index (χ0v) is 14.8. The molecule has 0 aliphatic heterocycles. The van der Waals surface area contributed by atoms with E-state index < -0.39 is 5.91 Å². The molecular weight excluding hydrogens is 382 g/mol. The maximum Gasteiger partial charge on any atom is 0.264 e. The molecule has 0 unspecified atom stereocenters. The standard InChI is InChI=1S/C15H14BrN3O3S/c1-21-10-4-3-5-11(22-2)13(10)14(20)19-15(23)18-12-7-6-9(16)8-17-12/h3-8H,1-2H3,(H2,17,18,19,20,23). The van der Waals surface area contributed by atoms with Crippen molar-refractivity contribution in [2.45, 2.75) is 0 Å². The maximum atomic E-state index is 12.4. The molecule has 0 aliphatic rings. The Morgan fingerprint density at radius 1 is 1.17 bits per heavy atom. The Bertz CT molecular complexity index is 700. The molecule has 1 heterocycles. The van der Waals surface area contributed by atoms with Gasteiger partial charge in [-0.05, 0) is 52.4 Å². The summed E-state index contributed by atoms with van der Waals surface area (Å²) >= 11 is 8.42. The number of benzene rings is 1. The summed E-state index contributed by atoms with van der Waals surface area (Å²) in [6.07, 6.45) is 1.62. The van der Waals surface area contributed by atoms with Gasteiger partial charge in [-0.25, -0.2) is 4.98 Å². The van der Waals surface area contributed by atoms with Crippen molar-refractivity contribution in [2.24, 2.45) is 0 Å². The highest BCUT2D eigenvalue weighted by molar-refractivity contribution is 9.10. The van der Waals surface area contributed by atoms with Gasteiger partial charge >= 0.3 is 0 Å². The molecule has 23 heavy (non-hydrogen) atoms. The Morgan fingerprint density at radius 2 is 1.83 bits per heavy atom. The van der Waals surface area contributed by atoms with Crippen LogP contribution in [-0.2, 0) is 0 Å². The van der Waals surface area contributed by atoms with Crippen molar-refractivity contribution in [1.82, 2.24) is 10.3 Å². The minimum atomic E-state index is -0.436. The highest BCUT2D eigenvalue weighted by atomic mass is 79.9. The van der Waals surface area contributed by atoms with Crippen LogP contribution in [0.3, 0.4) is 0 Å². The van der Waals surface area contributed by atoms with Gasteiger partial charge in [-0.2, -0.15) is 0 Å². The SMILES string of the molecule is COc1cccc(OC)c1C(=O)NC(=S)Nc1ccc(Br)cn1. The van der Waals surface area contributed by atoms with E-state index in [0.29, 0.717) is 17.3 Å². The lowest BCUT2D eigenvalue weighted by atomic mass is 10.1. The summed E-state index contributed by atoms with van der Waals surface area (Å²) in [6.45, 7) is 0. The van der Waals surface area contributed by atoms with Gasteiger partial charge in [-0.3, -0.25) is 10.1 Å². The van der Waals surface area contributed by atoms with Gasteiger partial charge in [0.15, 0.2) is 5.11 Å². The van der Waals surface area contributed by atoms with Gasteiger partial charge in [0.25, 0.3) is 5.91 Å². The summed E-state index contributed by atoms with van der Waals surface area (Å²) in [7, 11) is 2.96. The smallest absolute Gasteiger partial charge is 0.264 e. The second-order valence-corrected chi connectivity index (χ2v) is 5.63. The number of methoxy groups -OCH3 is 2. The van der Waals surface area contributed by atoms with E-state index >= 15 is 0 Å². The van der Waals surface area contributed by atoms with Crippen molar-refractivity contribution in [1.29, 1.82) is 0 Å². The number of carbonyl (C=O) groups excluding carboxylic acids is 1. The van der Waals surface area contributed by atoms with Crippen LogP contribution in [0.4, 0.5) is 5.82 Å².